The van der Waals surface area contributed by atoms with Gasteiger partial charge in [0.2, 0.25) is 0 Å². The first kappa shape index (κ1) is 13.8. The first-order chi connectivity index (χ1) is 8.61. The maximum absolute atomic E-state index is 12.5. The van der Waals surface area contributed by atoms with Crippen LogP contribution in [0.15, 0.2) is 23.1 Å². The first-order valence-electron chi connectivity index (χ1n) is 6.83. The fourth-order valence-electron chi connectivity index (χ4n) is 2.64. The van der Waals surface area contributed by atoms with E-state index < -0.39 is 10.8 Å². The molecule has 18 heavy (non-hydrogen) atoms. The lowest BCUT2D eigenvalue weighted by Crippen LogP contribution is -2.27. The van der Waals surface area contributed by atoms with Crippen molar-refractivity contribution in [1.82, 2.24) is 5.32 Å². The zero-order chi connectivity index (χ0) is 13.1. The number of aryl methyl sites for hydroxylation is 2. The van der Waals surface area contributed by atoms with Crippen LogP contribution < -0.4 is 5.32 Å². The van der Waals surface area contributed by atoms with Crippen molar-refractivity contribution in [2.75, 3.05) is 6.54 Å². The van der Waals surface area contributed by atoms with E-state index in [1.807, 2.05) is 6.07 Å². The van der Waals surface area contributed by atoms with Gasteiger partial charge in [0, 0.05) is 16.2 Å². The van der Waals surface area contributed by atoms with Gasteiger partial charge in [-0.15, -0.1) is 0 Å². The number of rotatable bonds is 4. The lowest BCUT2D eigenvalue weighted by molar-refractivity contribution is 0.542. The molecule has 2 rings (SSSR count). The molecule has 0 heterocycles. The molecule has 3 heteroatoms. The topological polar surface area (TPSA) is 29.1 Å². The summed E-state index contributed by atoms with van der Waals surface area (Å²) in [6.45, 7) is 7.33. The normalized spacial score (nSPS) is 25.3. The molecule has 1 saturated carbocycles. The third kappa shape index (κ3) is 3.01. The summed E-state index contributed by atoms with van der Waals surface area (Å²) in [5, 5.41) is 3.80. The van der Waals surface area contributed by atoms with Gasteiger partial charge in [0.15, 0.2) is 0 Å². The van der Waals surface area contributed by atoms with Crippen LogP contribution in [-0.2, 0) is 10.8 Å². The third-order valence-corrected chi connectivity index (χ3v) is 5.64. The third-order valence-electron chi connectivity index (χ3n) is 3.89. The molecular formula is C15H23NOS. The fraction of sp³-hybridized carbons (Fsp3) is 0.600. The largest absolute Gasteiger partial charge is 0.314 e. The van der Waals surface area contributed by atoms with Crippen molar-refractivity contribution in [3.63, 3.8) is 0 Å². The summed E-state index contributed by atoms with van der Waals surface area (Å²) in [6.07, 6.45) is 3.29. The number of hydrogen-bond acceptors (Lipinski definition) is 2. The summed E-state index contributed by atoms with van der Waals surface area (Å²) in [5.74, 6) is 0. The maximum Gasteiger partial charge on any atom is 0.0561 e. The zero-order valence-electron chi connectivity index (χ0n) is 11.5. The summed E-state index contributed by atoms with van der Waals surface area (Å²) in [5.41, 5.74) is 2.51. The minimum absolute atomic E-state index is 0.330. The quantitative estimate of drug-likeness (QED) is 0.907. The van der Waals surface area contributed by atoms with Gasteiger partial charge >= 0.3 is 0 Å². The molecule has 1 aromatic rings. The SMILES string of the molecule is CCNC1CCC(S(=O)c2ccc(C)c(C)c2)C1. The van der Waals surface area contributed by atoms with Crippen LogP contribution >= 0.6 is 0 Å². The molecular weight excluding hydrogens is 242 g/mol. The first-order valence-corrected chi connectivity index (χ1v) is 8.04. The van der Waals surface area contributed by atoms with Crippen LogP contribution in [-0.4, -0.2) is 22.0 Å². The molecule has 1 N–H and O–H groups in total. The Balaban J connectivity index is 2.05. The molecule has 1 aliphatic rings. The van der Waals surface area contributed by atoms with Gasteiger partial charge in [0.1, 0.15) is 0 Å². The summed E-state index contributed by atoms with van der Waals surface area (Å²) >= 11 is 0. The molecule has 2 nitrogen and oxygen atoms in total. The Bertz CT molecular complexity index is 444. The van der Waals surface area contributed by atoms with Crippen molar-refractivity contribution in [2.45, 2.75) is 56.2 Å². The van der Waals surface area contributed by atoms with E-state index in [0.29, 0.717) is 11.3 Å². The molecule has 100 valence electrons. The van der Waals surface area contributed by atoms with E-state index in [2.05, 4.69) is 38.2 Å². The second-order valence-corrected chi connectivity index (χ2v) is 6.97. The lowest BCUT2D eigenvalue weighted by Gasteiger charge is -2.13. The Kier molecular flexibility index (Phi) is 4.57. The highest BCUT2D eigenvalue weighted by molar-refractivity contribution is 7.85. The van der Waals surface area contributed by atoms with E-state index in [4.69, 9.17) is 0 Å². The maximum atomic E-state index is 12.5. The van der Waals surface area contributed by atoms with Gasteiger partial charge in [-0.25, -0.2) is 0 Å². The monoisotopic (exact) mass is 265 g/mol. The smallest absolute Gasteiger partial charge is 0.0561 e. The second kappa shape index (κ2) is 5.98. The van der Waals surface area contributed by atoms with Gasteiger partial charge in [0.25, 0.3) is 0 Å². The van der Waals surface area contributed by atoms with Gasteiger partial charge in [-0.1, -0.05) is 13.0 Å². The molecule has 1 fully saturated rings. The molecule has 1 aromatic carbocycles. The Labute approximate surface area is 113 Å². The van der Waals surface area contributed by atoms with Gasteiger partial charge in [-0.05, 0) is 62.9 Å². The highest BCUT2D eigenvalue weighted by atomic mass is 32.2. The molecule has 0 aromatic heterocycles. The summed E-state index contributed by atoms with van der Waals surface area (Å²) in [7, 11) is -0.842. The van der Waals surface area contributed by atoms with Crippen molar-refractivity contribution in [2.24, 2.45) is 0 Å². The van der Waals surface area contributed by atoms with E-state index in [0.717, 1.165) is 30.7 Å². The van der Waals surface area contributed by atoms with Crippen LogP contribution in [0.3, 0.4) is 0 Å². The Morgan fingerprint density at radius 3 is 2.72 bits per heavy atom. The second-order valence-electron chi connectivity index (χ2n) is 5.23. The summed E-state index contributed by atoms with van der Waals surface area (Å²) < 4.78 is 12.5. The van der Waals surface area contributed by atoms with Gasteiger partial charge < -0.3 is 5.32 Å². The predicted molar refractivity (Wildman–Crippen MR) is 77.4 cm³/mol. The average molecular weight is 265 g/mol. The van der Waals surface area contributed by atoms with Crippen LogP contribution in [0.4, 0.5) is 0 Å². The van der Waals surface area contributed by atoms with Crippen LogP contribution in [0.1, 0.15) is 37.3 Å². The molecule has 0 saturated heterocycles. The highest BCUT2D eigenvalue weighted by Crippen LogP contribution is 2.28. The number of hydrogen-bond donors (Lipinski definition) is 1. The molecule has 1 aliphatic carbocycles. The fourth-order valence-corrected chi connectivity index (χ4v) is 4.28. The van der Waals surface area contributed by atoms with Crippen LogP contribution in [0.25, 0.3) is 0 Å². The number of nitrogens with one attached hydrogen (secondary N) is 1. The molecule has 3 unspecified atom stereocenters. The standard InChI is InChI=1S/C15H23NOS/c1-4-16-13-6-8-15(10-13)18(17)14-7-5-11(2)12(3)9-14/h5,7,9,13,15-16H,4,6,8,10H2,1-3H3. The molecule has 0 amide bonds. The molecule has 3 atom stereocenters. The van der Waals surface area contributed by atoms with Crippen molar-refractivity contribution in [1.29, 1.82) is 0 Å². The van der Waals surface area contributed by atoms with Crippen molar-refractivity contribution >= 4 is 10.8 Å². The molecule has 0 radical (unpaired) electrons. The van der Waals surface area contributed by atoms with Gasteiger partial charge in [0.05, 0.1) is 10.8 Å². The lowest BCUT2D eigenvalue weighted by atomic mass is 10.1. The van der Waals surface area contributed by atoms with Crippen molar-refractivity contribution < 1.29 is 4.21 Å². The van der Waals surface area contributed by atoms with Crippen LogP contribution in [0, 0.1) is 13.8 Å². The van der Waals surface area contributed by atoms with Crippen molar-refractivity contribution in [3.8, 4) is 0 Å². The average Bonchev–Trinajstić information content (AvgIpc) is 2.81. The van der Waals surface area contributed by atoms with Gasteiger partial charge in [-0.2, -0.15) is 0 Å². The van der Waals surface area contributed by atoms with E-state index in [9.17, 15) is 4.21 Å². The van der Waals surface area contributed by atoms with Gasteiger partial charge in [-0.3, -0.25) is 4.21 Å². The highest BCUT2D eigenvalue weighted by Gasteiger charge is 2.29. The van der Waals surface area contributed by atoms with E-state index in [1.54, 1.807) is 0 Å². The summed E-state index contributed by atoms with van der Waals surface area (Å²) in [4.78, 5) is 1.00. The molecule has 0 aliphatic heterocycles. The summed E-state index contributed by atoms with van der Waals surface area (Å²) in [6, 6.07) is 6.76. The van der Waals surface area contributed by atoms with Crippen LogP contribution in [0.5, 0.6) is 0 Å². The van der Waals surface area contributed by atoms with E-state index in [-0.39, 0.29) is 0 Å². The minimum Gasteiger partial charge on any atom is -0.314 e. The van der Waals surface area contributed by atoms with Crippen LogP contribution in [0.2, 0.25) is 0 Å². The van der Waals surface area contributed by atoms with E-state index in [1.165, 1.54) is 11.1 Å². The molecule has 0 spiro atoms. The predicted octanol–water partition coefficient (Wildman–Crippen LogP) is 2.94. The molecule has 0 bridgehead atoms. The number of benzene rings is 1. The zero-order valence-corrected chi connectivity index (χ0v) is 12.3. The minimum atomic E-state index is -0.842. The van der Waals surface area contributed by atoms with E-state index >= 15 is 0 Å². The Hall–Kier alpha value is -0.670. The Morgan fingerprint density at radius 2 is 2.06 bits per heavy atom. The Morgan fingerprint density at radius 1 is 1.28 bits per heavy atom. The van der Waals surface area contributed by atoms with Crippen molar-refractivity contribution in [3.05, 3.63) is 29.3 Å².